The molecule has 1 N–H and O–H groups in total. The number of nitro benzene ring substituents is 1. The summed E-state index contributed by atoms with van der Waals surface area (Å²) < 4.78 is 0.279. The number of benzene rings is 2. The lowest BCUT2D eigenvalue weighted by Crippen LogP contribution is -2.27. The summed E-state index contributed by atoms with van der Waals surface area (Å²) in [7, 11) is 0. The van der Waals surface area contributed by atoms with Crippen LogP contribution in [0.4, 0.5) is 11.4 Å². The molecule has 2 aromatic carbocycles. The summed E-state index contributed by atoms with van der Waals surface area (Å²) in [5.74, 6) is -0.428. The quantitative estimate of drug-likeness (QED) is 0.361. The Morgan fingerprint density at radius 1 is 1.28 bits per heavy atom. The molecule has 3 rings (SSSR count). The van der Waals surface area contributed by atoms with Crippen molar-refractivity contribution in [3.8, 4) is 5.75 Å². The first-order chi connectivity index (χ1) is 11.9. The number of phenolic OH excluding ortho intramolecular Hbond substituents is 1. The summed E-state index contributed by atoms with van der Waals surface area (Å²) in [5.41, 5.74) is 0.840. The van der Waals surface area contributed by atoms with Crippen LogP contribution in [0.25, 0.3) is 6.08 Å². The number of anilines is 1. The average molecular weight is 393 g/mol. The number of non-ortho nitro benzene ring substituents is 1. The first-order valence-corrected chi connectivity index (χ1v) is 8.48. The van der Waals surface area contributed by atoms with Crippen LogP contribution in [-0.2, 0) is 4.79 Å². The number of thiocarbonyl (C=S) groups is 1. The lowest BCUT2D eigenvalue weighted by atomic mass is 10.2. The van der Waals surface area contributed by atoms with Crippen molar-refractivity contribution in [3.05, 3.63) is 68.1 Å². The summed E-state index contributed by atoms with van der Waals surface area (Å²) in [5, 5.41) is 20.5. The number of hydrogen-bond acceptors (Lipinski definition) is 6. The molecule has 126 valence electrons. The summed E-state index contributed by atoms with van der Waals surface area (Å²) in [6.45, 7) is 0. The maximum absolute atomic E-state index is 12.7. The van der Waals surface area contributed by atoms with Crippen LogP contribution in [0.15, 0.2) is 47.4 Å². The van der Waals surface area contributed by atoms with Gasteiger partial charge in [-0.2, -0.15) is 0 Å². The van der Waals surface area contributed by atoms with Gasteiger partial charge in [0.25, 0.3) is 11.6 Å². The molecule has 0 aliphatic carbocycles. The summed E-state index contributed by atoms with van der Waals surface area (Å²) >= 11 is 12.2. The fourth-order valence-electron chi connectivity index (χ4n) is 2.20. The molecule has 25 heavy (non-hydrogen) atoms. The van der Waals surface area contributed by atoms with E-state index in [1.54, 1.807) is 18.2 Å². The molecule has 1 saturated heterocycles. The first-order valence-electron chi connectivity index (χ1n) is 6.88. The predicted octanol–water partition coefficient (Wildman–Crippen LogP) is 4.36. The molecular weight excluding hydrogens is 384 g/mol. The van der Waals surface area contributed by atoms with E-state index in [1.165, 1.54) is 35.2 Å². The number of nitrogens with zero attached hydrogens (tertiary/aromatic N) is 2. The number of rotatable bonds is 3. The van der Waals surface area contributed by atoms with Crippen LogP contribution in [0.3, 0.4) is 0 Å². The molecule has 1 aliphatic heterocycles. The zero-order valence-corrected chi connectivity index (χ0v) is 14.8. The van der Waals surface area contributed by atoms with Gasteiger partial charge in [-0.1, -0.05) is 47.7 Å². The fraction of sp³-hybridized carbons (Fsp3) is 0. The van der Waals surface area contributed by atoms with Gasteiger partial charge in [-0.3, -0.25) is 19.8 Å². The second-order valence-electron chi connectivity index (χ2n) is 5.00. The maximum Gasteiger partial charge on any atom is 0.271 e. The van der Waals surface area contributed by atoms with Crippen molar-refractivity contribution in [2.24, 2.45) is 0 Å². The molecule has 0 bridgehead atoms. The number of phenols is 1. The van der Waals surface area contributed by atoms with E-state index in [2.05, 4.69) is 0 Å². The van der Waals surface area contributed by atoms with Crippen LogP contribution < -0.4 is 4.90 Å². The number of amides is 1. The molecule has 0 aromatic heterocycles. The third kappa shape index (κ3) is 3.51. The summed E-state index contributed by atoms with van der Waals surface area (Å²) in [4.78, 5) is 24.6. The van der Waals surface area contributed by atoms with Crippen molar-refractivity contribution >= 4 is 63.3 Å². The van der Waals surface area contributed by atoms with Crippen molar-refractivity contribution in [2.75, 3.05) is 4.90 Å². The monoisotopic (exact) mass is 392 g/mol. The molecule has 1 fully saturated rings. The van der Waals surface area contributed by atoms with Gasteiger partial charge in [0.2, 0.25) is 0 Å². The Kier molecular flexibility index (Phi) is 4.76. The van der Waals surface area contributed by atoms with Crippen molar-refractivity contribution in [2.45, 2.75) is 0 Å². The SMILES string of the molecule is O=C1/C(=C/c2ccc(O)c(Cl)c2)SC(=S)N1c1cccc([N+](=O)[O-])c1. The first kappa shape index (κ1) is 17.4. The molecule has 0 saturated carbocycles. The Labute approximate surface area is 156 Å². The highest BCUT2D eigenvalue weighted by Gasteiger charge is 2.33. The molecule has 0 unspecified atom stereocenters. The Hall–Kier alpha value is -2.42. The van der Waals surface area contributed by atoms with Crippen molar-refractivity contribution in [1.82, 2.24) is 0 Å². The molecule has 0 spiro atoms. The third-order valence-corrected chi connectivity index (χ3v) is 4.97. The topological polar surface area (TPSA) is 83.7 Å². The molecule has 0 radical (unpaired) electrons. The Morgan fingerprint density at radius 2 is 2.04 bits per heavy atom. The predicted molar refractivity (Wildman–Crippen MR) is 102 cm³/mol. The van der Waals surface area contributed by atoms with E-state index in [1.807, 2.05) is 0 Å². The number of thioether (sulfide) groups is 1. The van der Waals surface area contributed by atoms with Gasteiger partial charge in [-0.15, -0.1) is 0 Å². The number of carbonyl (C=O) groups is 1. The van der Waals surface area contributed by atoms with Crippen molar-refractivity contribution in [1.29, 1.82) is 0 Å². The normalized spacial score (nSPS) is 15.9. The van der Waals surface area contributed by atoms with Crippen LogP contribution in [0.5, 0.6) is 5.75 Å². The van der Waals surface area contributed by atoms with Gasteiger partial charge < -0.3 is 5.11 Å². The van der Waals surface area contributed by atoms with E-state index < -0.39 is 4.92 Å². The van der Waals surface area contributed by atoms with E-state index in [-0.39, 0.29) is 26.7 Å². The molecular formula is C16H9ClN2O4S2. The number of nitro groups is 1. The minimum Gasteiger partial charge on any atom is -0.506 e. The van der Waals surface area contributed by atoms with E-state index in [0.29, 0.717) is 16.2 Å². The Morgan fingerprint density at radius 3 is 2.72 bits per heavy atom. The maximum atomic E-state index is 12.7. The highest BCUT2D eigenvalue weighted by atomic mass is 35.5. The van der Waals surface area contributed by atoms with Crippen LogP contribution in [0.2, 0.25) is 5.02 Å². The van der Waals surface area contributed by atoms with Gasteiger partial charge in [0.1, 0.15) is 5.75 Å². The largest absolute Gasteiger partial charge is 0.506 e. The van der Waals surface area contributed by atoms with E-state index in [0.717, 1.165) is 11.8 Å². The number of aromatic hydroxyl groups is 1. The highest BCUT2D eigenvalue weighted by Crippen LogP contribution is 2.37. The van der Waals surface area contributed by atoms with Gasteiger partial charge >= 0.3 is 0 Å². The van der Waals surface area contributed by atoms with E-state index >= 15 is 0 Å². The molecule has 1 aliphatic rings. The number of carbonyl (C=O) groups excluding carboxylic acids is 1. The molecule has 1 amide bonds. The van der Waals surface area contributed by atoms with Crippen LogP contribution in [0.1, 0.15) is 5.56 Å². The minimum absolute atomic E-state index is 0.0528. The third-order valence-electron chi connectivity index (χ3n) is 3.36. The zero-order chi connectivity index (χ0) is 18.1. The van der Waals surface area contributed by atoms with Crippen LogP contribution >= 0.6 is 35.6 Å². The van der Waals surface area contributed by atoms with Gasteiger partial charge in [0.05, 0.1) is 20.5 Å². The van der Waals surface area contributed by atoms with E-state index in [4.69, 9.17) is 23.8 Å². The fourth-order valence-corrected chi connectivity index (χ4v) is 3.69. The molecule has 9 heteroatoms. The Bertz CT molecular complexity index is 945. The molecule has 1 heterocycles. The van der Waals surface area contributed by atoms with Gasteiger partial charge in [0.15, 0.2) is 4.32 Å². The van der Waals surface area contributed by atoms with Gasteiger partial charge in [-0.25, -0.2) is 0 Å². The zero-order valence-electron chi connectivity index (χ0n) is 12.4. The molecule has 0 atom stereocenters. The standard InChI is InChI=1S/C16H9ClN2O4S2/c17-12-6-9(4-5-13(12)20)7-14-15(21)18(16(24)25-14)10-2-1-3-11(8-10)19(22)23/h1-8,20H/b14-7-. The van der Waals surface area contributed by atoms with Gasteiger partial charge in [-0.05, 0) is 29.8 Å². The lowest BCUT2D eigenvalue weighted by molar-refractivity contribution is -0.384. The summed E-state index contributed by atoms with van der Waals surface area (Å²) in [6, 6.07) is 10.3. The Balaban J connectivity index is 1.94. The second kappa shape index (κ2) is 6.83. The smallest absolute Gasteiger partial charge is 0.271 e. The molecule has 6 nitrogen and oxygen atoms in total. The van der Waals surface area contributed by atoms with Crippen molar-refractivity contribution in [3.63, 3.8) is 0 Å². The van der Waals surface area contributed by atoms with Gasteiger partial charge in [0, 0.05) is 12.1 Å². The summed E-state index contributed by atoms with van der Waals surface area (Å²) in [6.07, 6.45) is 1.60. The highest BCUT2D eigenvalue weighted by molar-refractivity contribution is 8.27. The number of halogens is 1. The van der Waals surface area contributed by atoms with Crippen LogP contribution in [-0.4, -0.2) is 20.3 Å². The molecule has 2 aromatic rings. The van der Waals surface area contributed by atoms with Crippen molar-refractivity contribution < 1.29 is 14.8 Å². The minimum atomic E-state index is -0.532. The second-order valence-corrected chi connectivity index (χ2v) is 7.09. The van der Waals surface area contributed by atoms with E-state index in [9.17, 15) is 20.0 Å². The average Bonchev–Trinajstić information content (AvgIpc) is 2.85. The number of hydrogen-bond donors (Lipinski definition) is 1. The van der Waals surface area contributed by atoms with Crippen LogP contribution in [0, 0.1) is 10.1 Å². The lowest BCUT2D eigenvalue weighted by Gasteiger charge is -2.13.